The van der Waals surface area contributed by atoms with Crippen molar-refractivity contribution in [2.24, 2.45) is 0 Å². The quantitative estimate of drug-likeness (QED) is 0.670. The molecule has 21 heavy (non-hydrogen) atoms. The van der Waals surface area contributed by atoms with Crippen LogP contribution in [0.2, 0.25) is 5.02 Å². The van der Waals surface area contributed by atoms with Crippen LogP contribution in [0.4, 0.5) is 0 Å². The fourth-order valence-corrected chi connectivity index (χ4v) is 3.66. The van der Waals surface area contributed by atoms with Gasteiger partial charge in [0.25, 0.3) is 0 Å². The van der Waals surface area contributed by atoms with Crippen molar-refractivity contribution < 1.29 is 23.1 Å². The molecule has 0 spiro atoms. The molecule has 1 fully saturated rings. The van der Waals surface area contributed by atoms with Gasteiger partial charge in [-0.1, -0.05) is 11.6 Å². The van der Waals surface area contributed by atoms with E-state index in [4.69, 9.17) is 11.6 Å². The topological polar surface area (TPSA) is 97.8 Å². The van der Waals surface area contributed by atoms with Crippen LogP contribution < -0.4 is 5.11 Å². The second-order valence-corrected chi connectivity index (χ2v) is 6.82. The Morgan fingerprint density at radius 2 is 1.86 bits per heavy atom. The predicted octanol–water partition coefficient (Wildman–Crippen LogP) is -0.834. The van der Waals surface area contributed by atoms with E-state index in [-0.39, 0.29) is 28.6 Å². The number of nitrogens with zero attached hydrogens (tertiary/aromatic N) is 2. The van der Waals surface area contributed by atoms with E-state index in [0.29, 0.717) is 19.5 Å². The Morgan fingerprint density at radius 1 is 1.24 bits per heavy atom. The van der Waals surface area contributed by atoms with Crippen LogP contribution in [-0.4, -0.2) is 56.2 Å². The molecule has 0 radical (unpaired) electrons. The van der Waals surface area contributed by atoms with Gasteiger partial charge in [-0.25, -0.2) is 8.42 Å². The Hall–Kier alpha value is -1.64. The van der Waals surface area contributed by atoms with Crippen LogP contribution in [0.3, 0.4) is 0 Å². The number of carbonyl (C=O) groups is 2. The molecular formula is C12H12ClN2O5S-. The highest BCUT2D eigenvalue weighted by molar-refractivity contribution is 7.89. The minimum absolute atomic E-state index is 0.0836. The second-order valence-electron chi connectivity index (χ2n) is 4.47. The third-order valence-corrected chi connectivity index (χ3v) is 5.44. The van der Waals surface area contributed by atoms with Gasteiger partial charge >= 0.3 is 0 Å². The van der Waals surface area contributed by atoms with Crippen LogP contribution in [0.15, 0.2) is 23.1 Å². The van der Waals surface area contributed by atoms with Gasteiger partial charge in [0, 0.05) is 36.8 Å². The molecule has 1 heterocycles. The molecule has 1 saturated heterocycles. The molecule has 0 unspecified atom stereocenters. The molecule has 1 aromatic carbocycles. The number of sulfonamides is 1. The van der Waals surface area contributed by atoms with Gasteiger partial charge in [0.2, 0.25) is 16.4 Å². The van der Waals surface area contributed by atoms with Crippen molar-refractivity contribution in [1.29, 1.82) is 0 Å². The summed E-state index contributed by atoms with van der Waals surface area (Å²) in [6.45, 7) is 0.905. The van der Waals surface area contributed by atoms with E-state index in [9.17, 15) is 23.1 Å². The van der Waals surface area contributed by atoms with Crippen LogP contribution in [0.25, 0.3) is 0 Å². The zero-order chi connectivity index (χ0) is 15.6. The number of carbonyl (C=O) groups excluding carboxylic acids is 2. The molecule has 0 aromatic heterocycles. The molecule has 1 aromatic rings. The number of amides is 1. The summed E-state index contributed by atoms with van der Waals surface area (Å²) in [6, 6.07) is 3.44. The van der Waals surface area contributed by atoms with Crippen molar-refractivity contribution in [2.45, 2.75) is 4.90 Å². The van der Waals surface area contributed by atoms with Gasteiger partial charge in [-0.2, -0.15) is 4.31 Å². The maximum Gasteiger partial charge on any atom is 0.243 e. The van der Waals surface area contributed by atoms with Crippen LogP contribution in [0, 0.1) is 0 Å². The van der Waals surface area contributed by atoms with Gasteiger partial charge in [0.1, 0.15) is 0 Å². The molecule has 1 amide bonds. The Labute approximate surface area is 126 Å². The van der Waals surface area contributed by atoms with Gasteiger partial charge < -0.3 is 14.8 Å². The van der Waals surface area contributed by atoms with Gasteiger partial charge in [-0.15, -0.1) is 0 Å². The number of hydrogen-bond donors (Lipinski definition) is 0. The molecule has 0 N–H and O–H groups in total. The Kier molecular flexibility index (Phi) is 4.50. The van der Waals surface area contributed by atoms with Gasteiger partial charge in [0.05, 0.1) is 10.9 Å². The zero-order valence-corrected chi connectivity index (χ0v) is 12.4. The van der Waals surface area contributed by atoms with Crippen molar-refractivity contribution >= 4 is 34.0 Å². The van der Waals surface area contributed by atoms with Crippen molar-refractivity contribution in [3.8, 4) is 0 Å². The lowest BCUT2D eigenvalue weighted by atomic mass is 10.2. The van der Waals surface area contributed by atoms with E-state index in [1.807, 2.05) is 0 Å². The van der Waals surface area contributed by atoms with Crippen molar-refractivity contribution in [1.82, 2.24) is 9.21 Å². The molecule has 114 valence electrons. The summed E-state index contributed by atoms with van der Waals surface area (Å²) in [4.78, 5) is 22.8. The second kappa shape index (κ2) is 6.00. The number of hydrogen-bond acceptors (Lipinski definition) is 5. The summed E-state index contributed by atoms with van der Waals surface area (Å²) < 4.78 is 26.1. The van der Waals surface area contributed by atoms with E-state index in [0.717, 1.165) is 6.07 Å². The minimum atomic E-state index is -3.83. The van der Waals surface area contributed by atoms with Crippen LogP contribution >= 0.6 is 11.6 Å². The largest absolute Gasteiger partial charge is 0.545 e. The number of halogens is 1. The van der Waals surface area contributed by atoms with Gasteiger partial charge in [-0.05, 0) is 18.2 Å². The number of aromatic carboxylic acids is 1. The number of carboxylic acids is 1. The minimum Gasteiger partial charge on any atom is -0.545 e. The van der Waals surface area contributed by atoms with Crippen molar-refractivity contribution in [2.75, 3.05) is 26.2 Å². The highest BCUT2D eigenvalue weighted by atomic mass is 35.5. The first-order valence-electron chi connectivity index (χ1n) is 6.06. The number of piperazine rings is 1. The van der Waals surface area contributed by atoms with E-state index >= 15 is 0 Å². The van der Waals surface area contributed by atoms with E-state index < -0.39 is 16.0 Å². The number of carboxylic acid groups (broad SMARTS) is 1. The maximum atomic E-state index is 12.4. The predicted molar refractivity (Wildman–Crippen MR) is 72.2 cm³/mol. The molecule has 2 rings (SSSR count). The zero-order valence-electron chi connectivity index (χ0n) is 10.9. The summed E-state index contributed by atoms with van der Waals surface area (Å²) in [7, 11) is -3.83. The monoisotopic (exact) mass is 331 g/mol. The average molecular weight is 332 g/mol. The van der Waals surface area contributed by atoms with Crippen LogP contribution in [0.1, 0.15) is 10.4 Å². The molecule has 1 aliphatic rings. The summed E-state index contributed by atoms with van der Waals surface area (Å²) >= 11 is 5.69. The molecule has 7 nitrogen and oxygen atoms in total. The van der Waals surface area contributed by atoms with E-state index in [1.165, 1.54) is 21.3 Å². The molecule has 0 saturated carbocycles. The third-order valence-electron chi connectivity index (χ3n) is 3.22. The first-order chi connectivity index (χ1) is 9.86. The summed E-state index contributed by atoms with van der Waals surface area (Å²) in [5.74, 6) is -1.54. The highest BCUT2D eigenvalue weighted by Gasteiger charge is 2.28. The van der Waals surface area contributed by atoms with Crippen molar-refractivity contribution in [3.05, 3.63) is 28.8 Å². The standard InChI is InChI=1S/C12H13ClN2O5S/c13-11-2-1-9(7-10(11)12(17)18)21(19,20)15-5-3-14(8-16)4-6-15/h1-2,7-8H,3-6H2,(H,17,18)/p-1. The molecule has 0 bridgehead atoms. The Balaban J connectivity index is 2.30. The fourth-order valence-electron chi connectivity index (χ4n) is 2.02. The molecule has 0 atom stereocenters. The molecular weight excluding hydrogens is 320 g/mol. The number of rotatable bonds is 4. The first-order valence-corrected chi connectivity index (χ1v) is 7.88. The normalized spacial score (nSPS) is 16.7. The Bertz CT molecular complexity index is 668. The summed E-state index contributed by atoms with van der Waals surface area (Å²) in [5, 5.41) is 10.8. The average Bonchev–Trinajstić information content (AvgIpc) is 2.47. The number of benzene rings is 1. The maximum absolute atomic E-state index is 12.4. The highest BCUT2D eigenvalue weighted by Crippen LogP contribution is 2.23. The molecule has 0 aliphatic carbocycles. The van der Waals surface area contributed by atoms with Crippen LogP contribution in [0.5, 0.6) is 0 Å². The van der Waals surface area contributed by atoms with E-state index in [1.54, 1.807) is 0 Å². The fraction of sp³-hybridized carbons (Fsp3) is 0.333. The Morgan fingerprint density at radius 3 is 2.38 bits per heavy atom. The summed E-state index contributed by atoms with van der Waals surface area (Å²) in [6.07, 6.45) is 0.667. The van der Waals surface area contributed by atoms with Crippen LogP contribution in [-0.2, 0) is 14.8 Å². The SMILES string of the molecule is O=CN1CCN(S(=O)(=O)c2ccc(Cl)c(C(=O)[O-])c2)CC1. The van der Waals surface area contributed by atoms with Gasteiger partial charge in [-0.3, -0.25) is 4.79 Å². The lowest BCUT2D eigenvalue weighted by molar-refractivity contribution is -0.255. The third kappa shape index (κ3) is 3.17. The smallest absolute Gasteiger partial charge is 0.243 e. The molecule has 1 aliphatic heterocycles. The van der Waals surface area contributed by atoms with Gasteiger partial charge in [0.15, 0.2) is 0 Å². The molecule has 9 heteroatoms. The summed E-state index contributed by atoms with van der Waals surface area (Å²) in [5.41, 5.74) is -0.371. The van der Waals surface area contributed by atoms with Crippen molar-refractivity contribution in [3.63, 3.8) is 0 Å². The lowest BCUT2D eigenvalue weighted by Crippen LogP contribution is -2.48. The lowest BCUT2D eigenvalue weighted by Gasteiger charge is -2.31. The van der Waals surface area contributed by atoms with E-state index in [2.05, 4.69) is 0 Å². The first kappa shape index (κ1) is 15.7.